The molecular formula is C17H12ClF3N2. The highest BCUT2D eigenvalue weighted by Gasteiger charge is 2.30. The van der Waals surface area contributed by atoms with Crippen LogP contribution in [0.2, 0.25) is 5.02 Å². The van der Waals surface area contributed by atoms with Gasteiger partial charge in [0.1, 0.15) is 0 Å². The largest absolute Gasteiger partial charge is 0.416 e. The highest BCUT2D eigenvalue weighted by atomic mass is 35.5. The number of benzene rings is 2. The SMILES string of the molecule is Cc1cc(Nc2cccc(Cl)c2)c2ccc(C(F)(F)F)cc2n1. The Bertz CT molecular complexity index is 875. The molecule has 2 aromatic carbocycles. The van der Waals surface area contributed by atoms with E-state index >= 15 is 0 Å². The van der Waals surface area contributed by atoms with Gasteiger partial charge in [0.15, 0.2) is 0 Å². The predicted molar refractivity (Wildman–Crippen MR) is 86.2 cm³/mol. The summed E-state index contributed by atoms with van der Waals surface area (Å²) in [5.41, 5.74) is 1.65. The molecule has 2 nitrogen and oxygen atoms in total. The minimum atomic E-state index is -4.39. The number of rotatable bonds is 2. The summed E-state index contributed by atoms with van der Waals surface area (Å²) in [6, 6.07) is 12.5. The molecule has 0 atom stereocenters. The van der Waals surface area contributed by atoms with Gasteiger partial charge in [0.2, 0.25) is 0 Å². The molecule has 0 bridgehead atoms. The Morgan fingerprint density at radius 2 is 1.83 bits per heavy atom. The van der Waals surface area contributed by atoms with Gasteiger partial charge in [0, 0.05) is 27.5 Å². The maximum Gasteiger partial charge on any atom is 0.416 e. The van der Waals surface area contributed by atoms with Gasteiger partial charge in [-0.05, 0) is 43.3 Å². The topological polar surface area (TPSA) is 24.9 Å². The van der Waals surface area contributed by atoms with Crippen LogP contribution in [0.1, 0.15) is 11.3 Å². The van der Waals surface area contributed by atoms with E-state index < -0.39 is 11.7 Å². The highest BCUT2D eigenvalue weighted by Crippen LogP contribution is 2.34. The molecule has 0 aliphatic rings. The first-order chi connectivity index (χ1) is 10.8. The normalized spacial score (nSPS) is 11.7. The van der Waals surface area contributed by atoms with Gasteiger partial charge in [-0.3, -0.25) is 4.98 Å². The fourth-order valence-corrected chi connectivity index (χ4v) is 2.55. The molecule has 3 rings (SSSR count). The van der Waals surface area contributed by atoms with Gasteiger partial charge in [-0.25, -0.2) is 0 Å². The third-order valence-electron chi connectivity index (χ3n) is 3.37. The molecule has 6 heteroatoms. The second kappa shape index (κ2) is 5.74. The summed E-state index contributed by atoms with van der Waals surface area (Å²) >= 11 is 5.95. The van der Waals surface area contributed by atoms with E-state index in [0.717, 1.165) is 17.8 Å². The summed E-state index contributed by atoms with van der Waals surface area (Å²) in [7, 11) is 0. The zero-order valence-corrected chi connectivity index (χ0v) is 12.8. The minimum Gasteiger partial charge on any atom is -0.355 e. The van der Waals surface area contributed by atoms with Crippen molar-refractivity contribution in [3.63, 3.8) is 0 Å². The molecule has 1 N–H and O–H groups in total. The van der Waals surface area contributed by atoms with Crippen LogP contribution < -0.4 is 5.32 Å². The van der Waals surface area contributed by atoms with Crippen molar-refractivity contribution in [1.29, 1.82) is 0 Å². The molecule has 0 unspecified atom stereocenters. The first-order valence-electron chi connectivity index (χ1n) is 6.84. The van der Waals surface area contributed by atoms with Gasteiger partial charge in [0.25, 0.3) is 0 Å². The quantitative estimate of drug-likeness (QED) is 0.624. The zero-order valence-electron chi connectivity index (χ0n) is 12.1. The Balaban J connectivity index is 2.10. The van der Waals surface area contributed by atoms with Gasteiger partial charge in [-0.15, -0.1) is 0 Å². The average Bonchev–Trinajstić information content (AvgIpc) is 2.45. The van der Waals surface area contributed by atoms with E-state index in [0.29, 0.717) is 27.3 Å². The Hall–Kier alpha value is -2.27. The number of aromatic nitrogens is 1. The number of nitrogens with zero attached hydrogens (tertiary/aromatic N) is 1. The maximum atomic E-state index is 12.9. The third kappa shape index (κ3) is 3.40. The number of halogens is 4. The highest BCUT2D eigenvalue weighted by molar-refractivity contribution is 6.30. The van der Waals surface area contributed by atoms with E-state index in [-0.39, 0.29) is 0 Å². The summed E-state index contributed by atoms with van der Waals surface area (Å²) in [6.45, 7) is 1.74. The van der Waals surface area contributed by atoms with Crippen LogP contribution in [0, 0.1) is 6.92 Å². The van der Waals surface area contributed by atoms with E-state index in [9.17, 15) is 13.2 Å². The monoisotopic (exact) mass is 336 g/mol. The van der Waals surface area contributed by atoms with Crippen molar-refractivity contribution in [2.75, 3.05) is 5.32 Å². The number of pyridine rings is 1. The van der Waals surface area contributed by atoms with E-state index in [4.69, 9.17) is 11.6 Å². The fraction of sp³-hybridized carbons (Fsp3) is 0.118. The van der Waals surface area contributed by atoms with Crippen LogP contribution in [0.5, 0.6) is 0 Å². The van der Waals surface area contributed by atoms with Crippen LogP contribution >= 0.6 is 11.6 Å². The Morgan fingerprint density at radius 3 is 2.52 bits per heavy atom. The fourth-order valence-electron chi connectivity index (χ4n) is 2.36. The summed E-state index contributed by atoms with van der Waals surface area (Å²) in [5, 5.41) is 4.37. The number of aryl methyl sites for hydroxylation is 1. The average molecular weight is 337 g/mol. The first kappa shape index (κ1) is 15.6. The Kier molecular flexibility index (Phi) is 3.90. The van der Waals surface area contributed by atoms with Crippen molar-refractivity contribution in [2.24, 2.45) is 0 Å². The molecule has 3 aromatic rings. The molecule has 0 saturated heterocycles. The Labute approximate surface area is 135 Å². The van der Waals surface area contributed by atoms with E-state index in [1.165, 1.54) is 6.07 Å². The van der Waals surface area contributed by atoms with Crippen molar-refractivity contribution in [1.82, 2.24) is 4.98 Å². The molecule has 1 heterocycles. The smallest absolute Gasteiger partial charge is 0.355 e. The molecular weight excluding hydrogens is 325 g/mol. The summed E-state index contributed by atoms with van der Waals surface area (Å²) in [4.78, 5) is 4.20. The van der Waals surface area contributed by atoms with Crippen molar-refractivity contribution < 1.29 is 13.2 Å². The number of hydrogen-bond acceptors (Lipinski definition) is 2. The van der Waals surface area contributed by atoms with Gasteiger partial charge < -0.3 is 5.32 Å². The van der Waals surface area contributed by atoms with Crippen molar-refractivity contribution >= 4 is 33.9 Å². The van der Waals surface area contributed by atoms with Gasteiger partial charge in [-0.2, -0.15) is 13.2 Å². The van der Waals surface area contributed by atoms with Gasteiger partial charge in [0.05, 0.1) is 11.1 Å². The van der Waals surface area contributed by atoms with Crippen molar-refractivity contribution in [3.05, 3.63) is 64.8 Å². The molecule has 0 radical (unpaired) electrons. The predicted octanol–water partition coefficient (Wildman–Crippen LogP) is 5.96. The third-order valence-corrected chi connectivity index (χ3v) is 3.60. The number of hydrogen-bond donors (Lipinski definition) is 1. The second-order valence-corrected chi connectivity index (χ2v) is 5.61. The van der Waals surface area contributed by atoms with Crippen LogP contribution in [-0.2, 0) is 6.18 Å². The standard InChI is InChI=1S/C17H12ClF3N2/c1-10-7-15(23-13-4-2-3-12(18)9-13)14-6-5-11(17(19,20)21)8-16(14)22-10/h2-9H,1H3,(H,22,23). The number of alkyl halides is 3. The summed E-state index contributed by atoms with van der Waals surface area (Å²) < 4.78 is 38.6. The molecule has 118 valence electrons. The molecule has 0 spiro atoms. The van der Waals surface area contributed by atoms with Crippen LogP contribution in [0.4, 0.5) is 24.5 Å². The van der Waals surface area contributed by atoms with E-state index in [1.807, 2.05) is 6.07 Å². The molecule has 23 heavy (non-hydrogen) atoms. The zero-order chi connectivity index (χ0) is 16.6. The van der Waals surface area contributed by atoms with Gasteiger partial charge >= 0.3 is 6.18 Å². The lowest BCUT2D eigenvalue weighted by Gasteiger charge is -2.13. The molecule has 0 saturated carbocycles. The van der Waals surface area contributed by atoms with Crippen LogP contribution in [0.3, 0.4) is 0 Å². The lowest BCUT2D eigenvalue weighted by molar-refractivity contribution is -0.137. The molecule has 0 amide bonds. The van der Waals surface area contributed by atoms with Crippen molar-refractivity contribution in [2.45, 2.75) is 13.1 Å². The number of fused-ring (bicyclic) bond motifs is 1. The number of nitrogens with one attached hydrogen (secondary N) is 1. The van der Waals surface area contributed by atoms with Crippen molar-refractivity contribution in [3.8, 4) is 0 Å². The number of anilines is 2. The molecule has 0 fully saturated rings. The lowest BCUT2D eigenvalue weighted by Crippen LogP contribution is -2.05. The van der Waals surface area contributed by atoms with Crippen LogP contribution in [0.15, 0.2) is 48.5 Å². The lowest BCUT2D eigenvalue weighted by atomic mass is 10.1. The summed E-state index contributed by atoms with van der Waals surface area (Å²) in [6.07, 6.45) is -4.39. The van der Waals surface area contributed by atoms with Crippen LogP contribution in [0.25, 0.3) is 10.9 Å². The molecule has 1 aromatic heterocycles. The minimum absolute atomic E-state index is 0.296. The summed E-state index contributed by atoms with van der Waals surface area (Å²) in [5.74, 6) is 0. The molecule has 0 aliphatic carbocycles. The maximum absolute atomic E-state index is 12.9. The Morgan fingerprint density at radius 1 is 1.04 bits per heavy atom. The van der Waals surface area contributed by atoms with Crippen LogP contribution in [-0.4, -0.2) is 4.98 Å². The van der Waals surface area contributed by atoms with E-state index in [1.54, 1.807) is 31.2 Å². The molecule has 0 aliphatic heterocycles. The first-order valence-corrected chi connectivity index (χ1v) is 7.22. The second-order valence-electron chi connectivity index (χ2n) is 5.18. The van der Waals surface area contributed by atoms with Gasteiger partial charge in [-0.1, -0.05) is 23.7 Å². The van der Waals surface area contributed by atoms with E-state index in [2.05, 4.69) is 10.3 Å².